The van der Waals surface area contributed by atoms with Crippen molar-refractivity contribution in [3.63, 3.8) is 0 Å². The fourth-order valence-electron chi connectivity index (χ4n) is 0.547. The van der Waals surface area contributed by atoms with Crippen molar-refractivity contribution < 1.29 is 8.42 Å². The predicted octanol–water partition coefficient (Wildman–Crippen LogP) is 1.94. The molecule has 0 bridgehead atoms. The zero-order chi connectivity index (χ0) is 7.49. The molecule has 9 heavy (non-hydrogen) atoms. The highest BCUT2D eigenvalue weighted by molar-refractivity contribution is 14.2. The van der Waals surface area contributed by atoms with E-state index in [1.54, 1.807) is 6.92 Å². The topological polar surface area (TPSA) is 34.1 Å². The molecule has 0 aromatic rings. The van der Waals surface area contributed by atoms with Crippen LogP contribution in [-0.4, -0.2) is 13.7 Å². The molecule has 0 aromatic carbocycles. The Kier molecular flexibility index (Phi) is 4.04. The Morgan fingerprint density at radius 3 is 2.11 bits per heavy atom. The van der Waals surface area contributed by atoms with Crippen molar-refractivity contribution in [3.05, 3.63) is 0 Å². The Morgan fingerprint density at radius 2 is 2.00 bits per heavy atom. The molecule has 0 rings (SSSR count). The van der Waals surface area contributed by atoms with Gasteiger partial charge in [0.25, 0.3) is 0 Å². The summed E-state index contributed by atoms with van der Waals surface area (Å²) >= 11 is 1.50. The Balaban J connectivity index is 3.90. The van der Waals surface area contributed by atoms with Gasteiger partial charge < -0.3 is 0 Å². The number of hydrogen-bond acceptors (Lipinski definition) is 2. The lowest BCUT2D eigenvalue weighted by Gasteiger charge is -2.03. The summed E-state index contributed by atoms with van der Waals surface area (Å²) in [7, 11) is -2.79. The molecule has 0 saturated heterocycles. The van der Waals surface area contributed by atoms with E-state index in [9.17, 15) is 8.42 Å². The van der Waals surface area contributed by atoms with E-state index < -0.39 is 7.01 Å². The van der Waals surface area contributed by atoms with Crippen LogP contribution >= 0.6 is 21.2 Å². The molecule has 56 valence electrons. The maximum absolute atomic E-state index is 10.7. The van der Waals surface area contributed by atoms with E-state index >= 15 is 0 Å². The van der Waals surface area contributed by atoms with Crippen molar-refractivity contribution in [1.82, 2.24) is 0 Å². The Labute approximate surface area is 68.5 Å². The summed E-state index contributed by atoms with van der Waals surface area (Å²) in [6.45, 7) is 3.73. The monoisotopic (exact) mass is 262 g/mol. The molecule has 0 spiro atoms. The number of hydrogen-bond donors (Lipinski definition) is 0. The van der Waals surface area contributed by atoms with Crippen LogP contribution in [0.2, 0.25) is 0 Å². The van der Waals surface area contributed by atoms with Gasteiger partial charge in [-0.3, -0.25) is 0 Å². The van der Waals surface area contributed by atoms with Gasteiger partial charge >= 0.3 is 0 Å². The van der Waals surface area contributed by atoms with Gasteiger partial charge in [-0.2, -0.15) is 0 Å². The Hall–Kier alpha value is 0.680. The molecule has 0 N–H and O–H groups in total. The minimum atomic E-state index is -2.79. The molecule has 2 nitrogen and oxygen atoms in total. The van der Waals surface area contributed by atoms with E-state index in [-0.39, 0.29) is 5.25 Å². The molecule has 0 aliphatic heterocycles. The number of halogens is 1. The summed E-state index contributed by atoms with van der Waals surface area (Å²) in [4.78, 5) is 0. The first-order chi connectivity index (χ1) is 3.98. The largest absolute Gasteiger partial charge is 0.218 e. The molecule has 1 atom stereocenters. The van der Waals surface area contributed by atoms with E-state index in [1.807, 2.05) is 6.92 Å². The summed E-state index contributed by atoms with van der Waals surface area (Å²) in [6, 6.07) is 0. The van der Waals surface area contributed by atoms with E-state index in [4.69, 9.17) is 0 Å². The molecule has 0 radical (unpaired) electrons. The van der Waals surface area contributed by atoms with Crippen molar-refractivity contribution in [2.75, 3.05) is 0 Å². The second kappa shape index (κ2) is 3.75. The van der Waals surface area contributed by atoms with Crippen molar-refractivity contribution in [2.24, 2.45) is 0 Å². The van der Waals surface area contributed by atoms with Crippen LogP contribution in [0.3, 0.4) is 0 Å². The molecule has 0 saturated carbocycles. The first kappa shape index (κ1) is 9.68. The lowest BCUT2D eigenvalue weighted by atomic mass is 10.3. The summed E-state index contributed by atoms with van der Waals surface area (Å²) in [5.74, 6) is 0. The summed E-state index contributed by atoms with van der Waals surface area (Å²) in [6.07, 6.45) is 1.70. The first-order valence-corrected chi connectivity index (χ1v) is 7.01. The van der Waals surface area contributed by atoms with Crippen LogP contribution in [0.5, 0.6) is 0 Å². The summed E-state index contributed by atoms with van der Waals surface area (Å²) < 4.78 is 21.4. The second-order valence-electron chi connectivity index (χ2n) is 2.07. The minimum Gasteiger partial charge on any atom is -0.218 e. The van der Waals surface area contributed by atoms with Crippen LogP contribution in [0, 0.1) is 0 Å². The van der Waals surface area contributed by atoms with Crippen molar-refractivity contribution >= 4 is 28.2 Å². The Morgan fingerprint density at radius 1 is 1.56 bits per heavy atom. The van der Waals surface area contributed by atoms with E-state index in [0.29, 0.717) is 0 Å². The molecular formula is C5H11IO2S. The lowest BCUT2D eigenvalue weighted by Crippen LogP contribution is -2.09. The molecule has 0 aromatic heterocycles. The van der Waals surface area contributed by atoms with Gasteiger partial charge in [-0.25, -0.2) is 8.42 Å². The highest BCUT2D eigenvalue weighted by atomic mass is 127. The fraction of sp³-hybridized carbons (Fsp3) is 1.00. The van der Waals surface area contributed by atoms with Crippen LogP contribution in [0.4, 0.5) is 0 Å². The quantitative estimate of drug-likeness (QED) is 0.575. The van der Waals surface area contributed by atoms with Crippen LogP contribution < -0.4 is 0 Å². The molecule has 4 heteroatoms. The van der Waals surface area contributed by atoms with Crippen molar-refractivity contribution in [2.45, 2.75) is 31.9 Å². The van der Waals surface area contributed by atoms with Gasteiger partial charge in [0, 0.05) is 0 Å². The zero-order valence-corrected chi connectivity index (χ0v) is 8.57. The van der Waals surface area contributed by atoms with E-state index in [0.717, 1.165) is 12.8 Å². The second-order valence-corrected chi connectivity index (χ2v) is 7.51. The van der Waals surface area contributed by atoms with Crippen LogP contribution in [0.15, 0.2) is 0 Å². The molecule has 0 aliphatic rings. The van der Waals surface area contributed by atoms with Gasteiger partial charge in [0.15, 0.2) is 0 Å². The SMILES string of the molecule is CCCC(C)S(=O)(=O)I. The van der Waals surface area contributed by atoms with E-state index in [1.165, 1.54) is 21.2 Å². The number of rotatable bonds is 3. The highest BCUT2D eigenvalue weighted by Gasteiger charge is 2.14. The predicted molar refractivity (Wildman–Crippen MR) is 47.3 cm³/mol. The summed E-state index contributed by atoms with van der Waals surface area (Å²) in [5, 5.41) is -0.178. The lowest BCUT2D eigenvalue weighted by molar-refractivity contribution is 0.593. The van der Waals surface area contributed by atoms with Crippen LogP contribution in [0.1, 0.15) is 26.7 Å². The third-order valence-electron chi connectivity index (χ3n) is 1.18. The van der Waals surface area contributed by atoms with Gasteiger partial charge in [-0.1, -0.05) is 13.3 Å². The smallest absolute Gasteiger partial charge is 0.205 e. The van der Waals surface area contributed by atoms with Crippen molar-refractivity contribution in [1.29, 1.82) is 0 Å². The van der Waals surface area contributed by atoms with Crippen molar-refractivity contribution in [3.8, 4) is 0 Å². The van der Waals surface area contributed by atoms with E-state index in [2.05, 4.69) is 0 Å². The molecule has 1 unspecified atom stereocenters. The maximum Gasteiger partial charge on any atom is 0.205 e. The summed E-state index contributed by atoms with van der Waals surface area (Å²) in [5.41, 5.74) is 0. The molecular weight excluding hydrogens is 251 g/mol. The molecule has 0 fully saturated rings. The zero-order valence-electron chi connectivity index (χ0n) is 5.59. The Bertz CT molecular complexity index is 162. The van der Waals surface area contributed by atoms with Gasteiger partial charge in [0.1, 0.15) is 0 Å². The van der Waals surface area contributed by atoms with Crippen LogP contribution in [0.25, 0.3) is 0 Å². The maximum atomic E-state index is 10.7. The highest BCUT2D eigenvalue weighted by Crippen LogP contribution is 2.14. The van der Waals surface area contributed by atoms with Gasteiger partial charge in [0.2, 0.25) is 7.01 Å². The molecule has 0 aliphatic carbocycles. The fourth-order valence-corrected chi connectivity index (χ4v) is 1.83. The normalized spacial score (nSPS) is 15.4. The molecule has 0 heterocycles. The third-order valence-corrected chi connectivity index (χ3v) is 4.98. The van der Waals surface area contributed by atoms with Crippen LogP contribution in [-0.2, 0) is 7.01 Å². The molecule has 0 amide bonds. The van der Waals surface area contributed by atoms with Gasteiger partial charge in [-0.05, 0) is 13.3 Å². The van der Waals surface area contributed by atoms with Gasteiger partial charge in [0.05, 0.1) is 26.5 Å². The minimum absolute atomic E-state index is 0.178. The average molecular weight is 262 g/mol. The first-order valence-electron chi connectivity index (χ1n) is 2.92. The third kappa shape index (κ3) is 4.13. The standard InChI is InChI=1S/C5H11IO2S/c1-3-4-5(2)9(6,7)8/h5H,3-4H2,1-2H3. The average Bonchev–Trinajstić information content (AvgIpc) is 1.64. The van der Waals surface area contributed by atoms with Gasteiger partial charge in [-0.15, -0.1) is 0 Å².